The van der Waals surface area contributed by atoms with Crippen LogP contribution in [0.15, 0.2) is 54.6 Å². The number of carbonyl (C=O) groups is 3. The number of hydrogen-bond donors (Lipinski definition) is 2. The molecule has 1 aliphatic heterocycles. The zero-order chi connectivity index (χ0) is 27.0. The van der Waals surface area contributed by atoms with E-state index < -0.39 is 23.4 Å². The quantitative estimate of drug-likeness (QED) is 0.323. The van der Waals surface area contributed by atoms with E-state index in [4.69, 9.17) is 15.2 Å². The number of piperidine rings is 1. The first-order valence-corrected chi connectivity index (χ1v) is 13.6. The number of aliphatic carboxylic acids is 1. The van der Waals surface area contributed by atoms with Gasteiger partial charge < -0.3 is 20.3 Å². The molecule has 1 amide bonds. The minimum Gasteiger partial charge on any atom is -0.493 e. The van der Waals surface area contributed by atoms with Gasteiger partial charge in [0.05, 0.1) is 19.1 Å². The topological polar surface area (TPSA) is 119 Å². The van der Waals surface area contributed by atoms with Crippen molar-refractivity contribution < 1.29 is 29.0 Å². The zero-order valence-electron chi connectivity index (χ0n) is 21.8. The third-order valence-electron chi connectivity index (χ3n) is 8.02. The molecule has 1 aliphatic carbocycles. The molecule has 0 spiro atoms. The first-order chi connectivity index (χ1) is 18.4. The van der Waals surface area contributed by atoms with Crippen molar-refractivity contribution in [2.75, 3.05) is 26.3 Å². The highest BCUT2D eigenvalue weighted by Gasteiger charge is 2.57. The van der Waals surface area contributed by atoms with Crippen LogP contribution in [0.25, 0.3) is 0 Å². The smallest absolute Gasteiger partial charge is 0.327 e. The van der Waals surface area contributed by atoms with Gasteiger partial charge in [0.15, 0.2) is 0 Å². The molecule has 2 aromatic carbocycles. The normalized spacial score (nSPS) is 22.2. The summed E-state index contributed by atoms with van der Waals surface area (Å²) in [6.45, 7) is 1.44. The number of amides is 1. The van der Waals surface area contributed by atoms with E-state index in [-0.39, 0.29) is 18.4 Å². The third kappa shape index (κ3) is 6.35. The van der Waals surface area contributed by atoms with E-state index in [1.54, 1.807) is 0 Å². The summed E-state index contributed by atoms with van der Waals surface area (Å²) in [5, 5.41) is 9.92. The third-order valence-corrected chi connectivity index (χ3v) is 8.02. The number of rotatable bonds is 12. The van der Waals surface area contributed by atoms with Crippen LogP contribution in [0, 0.1) is 11.8 Å². The van der Waals surface area contributed by atoms with Gasteiger partial charge in [0.2, 0.25) is 5.91 Å². The second kappa shape index (κ2) is 12.9. The molecule has 0 bridgehead atoms. The van der Waals surface area contributed by atoms with Crippen LogP contribution in [0.2, 0.25) is 0 Å². The highest BCUT2D eigenvalue weighted by molar-refractivity contribution is 5.89. The number of primary amides is 1. The number of carboxylic acid groups (broad SMARTS) is 1. The summed E-state index contributed by atoms with van der Waals surface area (Å²) in [6, 6.07) is 18.3. The fraction of sp³-hybridized carbons (Fsp3) is 0.500. The maximum Gasteiger partial charge on any atom is 0.327 e. The van der Waals surface area contributed by atoms with Gasteiger partial charge in [0.25, 0.3) is 0 Å². The number of hydrogen-bond acceptors (Lipinski definition) is 6. The molecular weight excluding hydrogens is 484 g/mol. The van der Waals surface area contributed by atoms with Gasteiger partial charge in [0, 0.05) is 25.4 Å². The number of para-hydroxylation sites is 1. The standard InChI is InChI=1S/C30H38N2O6/c31-27(33)24-15-18-32(19-16-24)30(17-6-11-25(30)28(34)35)29(36)38-21-7-20-37-26-12-5-4-10-23(26)14-13-22-8-2-1-3-9-22/h1-5,8-10,12,24-25H,6-7,11,13-21H2,(H2,31,33)(H,34,35). The lowest BCUT2D eigenvalue weighted by Crippen LogP contribution is -2.61. The monoisotopic (exact) mass is 522 g/mol. The van der Waals surface area contributed by atoms with Crippen LogP contribution in [0.5, 0.6) is 5.75 Å². The molecule has 3 N–H and O–H groups in total. The van der Waals surface area contributed by atoms with E-state index >= 15 is 0 Å². The Labute approximate surface area is 224 Å². The number of nitrogens with two attached hydrogens (primary N) is 1. The van der Waals surface area contributed by atoms with Crippen molar-refractivity contribution in [3.05, 3.63) is 65.7 Å². The summed E-state index contributed by atoms with van der Waals surface area (Å²) >= 11 is 0. The summed E-state index contributed by atoms with van der Waals surface area (Å²) < 4.78 is 11.7. The summed E-state index contributed by atoms with van der Waals surface area (Å²) in [4.78, 5) is 39.1. The van der Waals surface area contributed by atoms with Crippen molar-refractivity contribution >= 4 is 17.8 Å². The maximum atomic E-state index is 13.4. The first-order valence-electron chi connectivity index (χ1n) is 13.6. The Kier molecular flexibility index (Phi) is 9.39. The molecule has 1 saturated heterocycles. The van der Waals surface area contributed by atoms with Gasteiger partial charge in [-0.25, -0.2) is 0 Å². The van der Waals surface area contributed by atoms with Crippen LogP contribution < -0.4 is 10.5 Å². The molecule has 2 fully saturated rings. The fourth-order valence-electron chi connectivity index (χ4n) is 5.94. The summed E-state index contributed by atoms with van der Waals surface area (Å²) in [5.41, 5.74) is 6.67. The molecule has 4 rings (SSSR count). The van der Waals surface area contributed by atoms with Gasteiger partial charge in [-0.05, 0) is 55.7 Å². The number of carbonyl (C=O) groups excluding carboxylic acids is 2. The summed E-state index contributed by atoms with van der Waals surface area (Å²) in [6.07, 6.45) is 4.84. The van der Waals surface area contributed by atoms with Gasteiger partial charge in [-0.3, -0.25) is 19.3 Å². The van der Waals surface area contributed by atoms with Crippen LogP contribution >= 0.6 is 0 Å². The van der Waals surface area contributed by atoms with Crippen molar-refractivity contribution in [3.63, 3.8) is 0 Å². The van der Waals surface area contributed by atoms with Crippen LogP contribution in [0.1, 0.15) is 49.7 Å². The molecule has 38 heavy (non-hydrogen) atoms. The van der Waals surface area contributed by atoms with E-state index in [1.807, 2.05) is 41.3 Å². The molecule has 8 heteroatoms. The second-order valence-corrected chi connectivity index (χ2v) is 10.3. The number of nitrogens with zero attached hydrogens (tertiary/aromatic N) is 1. The lowest BCUT2D eigenvalue weighted by Gasteiger charge is -2.44. The largest absolute Gasteiger partial charge is 0.493 e. The molecule has 0 aromatic heterocycles. The minimum absolute atomic E-state index is 0.150. The number of carboxylic acids is 1. The van der Waals surface area contributed by atoms with Crippen molar-refractivity contribution in [2.45, 2.75) is 56.9 Å². The average molecular weight is 523 g/mol. The highest BCUT2D eigenvalue weighted by Crippen LogP contribution is 2.43. The number of benzene rings is 2. The van der Waals surface area contributed by atoms with Crippen LogP contribution in [0.3, 0.4) is 0 Å². The summed E-state index contributed by atoms with van der Waals surface area (Å²) in [5.74, 6) is -2.05. The Morgan fingerprint density at radius 2 is 1.66 bits per heavy atom. The van der Waals surface area contributed by atoms with Gasteiger partial charge in [0.1, 0.15) is 11.3 Å². The van der Waals surface area contributed by atoms with Gasteiger partial charge in [-0.2, -0.15) is 0 Å². The predicted octanol–water partition coefficient (Wildman–Crippen LogP) is 3.60. The molecule has 1 saturated carbocycles. The number of ether oxygens (including phenoxy) is 2. The molecular formula is C30H38N2O6. The van der Waals surface area contributed by atoms with E-state index in [0.29, 0.717) is 58.2 Å². The Morgan fingerprint density at radius 3 is 2.37 bits per heavy atom. The Balaban J connectivity index is 1.31. The van der Waals surface area contributed by atoms with E-state index in [1.165, 1.54) is 5.56 Å². The first kappa shape index (κ1) is 27.6. The Hall–Kier alpha value is -3.39. The molecule has 204 valence electrons. The summed E-state index contributed by atoms with van der Waals surface area (Å²) in [7, 11) is 0. The highest BCUT2D eigenvalue weighted by atomic mass is 16.5. The minimum atomic E-state index is -1.20. The van der Waals surface area contributed by atoms with Gasteiger partial charge in [-0.1, -0.05) is 55.0 Å². The van der Waals surface area contributed by atoms with Gasteiger partial charge in [-0.15, -0.1) is 0 Å². The number of aryl methyl sites for hydroxylation is 2. The van der Waals surface area contributed by atoms with Crippen molar-refractivity contribution in [1.29, 1.82) is 0 Å². The number of esters is 1. The molecule has 1 heterocycles. The maximum absolute atomic E-state index is 13.4. The Bertz CT molecular complexity index is 1100. The second-order valence-electron chi connectivity index (χ2n) is 10.3. The fourth-order valence-corrected chi connectivity index (χ4v) is 5.94. The molecule has 2 aromatic rings. The van der Waals surface area contributed by atoms with Crippen molar-refractivity contribution in [2.24, 2.45) is 17.6 Å². The van der Waals surface area contributed by atoms with Crippen LogP contribution in [-0.4, -0.2) is 59.7 Å². The van der Waals surface area contributed by atoms with Crippen molar-refractivity contribution in [3.8, 4) is 5.75 Å². The molecule has 2 unspecified atom stereocenters. The zero-order valence-corrected chi connectivity index (χ0v) is 21.8. The number of likely N-dealkylation sites (tertiary alicyclic amines) is 1. The predicted molar refractivity (Wildman–Crippen MR) is 143 cm³/mol. The molecule has 2 atom stereocenters. The van der Waals surface area contributed by atoms with E-state index in [2.05, 4.69) is 18.2 Å². The van der Waals surface area contributed by atoms with Gasteiger partial charge >= 0.3 is 11.9 Å². The lowest BCUT2D eigenvalue weighted by atomic mass is 9.82. The molecule has 0 radical (unpaired) electrons. The molecule has 2 aliphatic rings. The SMILES string of the molecule is NC(=O)C1CCN(C2(C(=O)OCCCOc3ccccc3CCc3ccccc3)CCCC2C(=O)O)CC1. The Morgan fingerprint density at radius 1 is 0.947 bits per heavy atom. The average Bonchev–Trinajstić information content (AvgIpc) is 3.39. The van der Waals surface area contributed by atoms with Crippen LogP contribution in [0.4, 0.5) is 0 Å². The van der Waals surface area contributed by atoms with E-state index in [0.717, 1.165) is 24.2 Å². The lowest BCUT2D eigenvalue weighted by molar-refractivity contribution is -0.170. The molecule has 8 nitrogen and oxygen atoms in total. The van der Waals surface area contributed by atoms with Crippen molar-refractivity contribution in [1.82, 2.24) is 4.90 Å². The van der Waals surface area contributed by atoms with E-state index in [9.17, 15) is 19.5 Å². The van der Waals surface area contributed by atoms with Crippen LogP contribution in [-0.2, 0) is 32.0 Å².